The minimum absolute atomic E-state index is 0.0630. The minimum Gasteiger partial charge on any atom is -0.494 e. The normalized spacial score (nSPS) is 10.9. The highest BCUT2D eigenvalue weighted by atomic mass is 32.1. The quantitative estimate of drug-likeness (QED) is 0.363. The van der Waals surface area contributed by atoms with Gasteiger partial charge in [0.15, 0.2) is 5.13 Å². The first-order valence-electron chi connectivity index (χ1n) is 10.1. The lowest BCUT2D eigenvalue weighted by atomic mass is 10.2. The van der Waals surface area contributed by atoms with Crippen LogP contribution < -0.4 is 15.4 Å². The van der Waals surface area contributed by atoms with E-state index in [4.69, 9.17) is 9.26 Å². The molecular weight excluding hydrogens is 414 g/mol. The Morgan fingerprint density at radius 1 is 1.10 bits per heavy atom. The van der Waals surface area contributed by atoms with Crippen LogP contribution in [0.1, 0.15) is 19.2 Å². The molecule has 8 nitrogen and oxygen atoms in total. The van der Waals surface area contributed by atoms with Gasteiger partial charge in [0, 0.05) is 31.5 Å². The van der Waals surface area contributed by atoms with Crippen molar-refractivity contribution in [1.29, 1.82) is 0 Å². The lowest BCUT2D eigenvalue weighted by molar-refractivity contribution is -0.121. The van der Waals surface area contributed by atoms with Crippen LogP contribution in [0.4, 0.5) is 5.13 Å². The first-order valence-corrected chi connectivity index (χ1v) is 10.9. The lowest BCUT2D eigenvalue weighted by Crippen LogP contribution is -2.28. The van der Waals surface area contributed by atoms with Crippen LogP contribution in [-0.4, -0.2) is 40.7 Å². The van der Waals surface area contributed by atoms with Crippen molar-refractivity contribution in [3.8, 4) is 17.1 Å². The number of ether oxygens (including phenoxy) is 1. The number of para-hydroxylation sites is 1. The average molecular weight is 438 g/mol. The first-order chi connectivity index (χ1) is 15.2. The predicted molar refractivity (Wildman–Crippen MR) is 120 cm³/mol. The van der Waals surface area contributed by atoms with Crippen LogP contribution >= 0.6 is 11.3 Å². The molecule has 2 N–H and O–H groups in total. The number of hydrogen-bond acceptors (Lipinski definition) is 8. The fraction of sp³-hybridized carbons (Fsp3) is 0.273. The molecule has 2 heterocycles. The molecule has 0 saturated heterocycles. The summed E-state index contributed by atoms with van der Waals surface area (Å²) < 4.78 is 11.8. The van der Waals surface area contributed by atoms with Crippen LogP contribution in [0.5, 0.6) is 5.75 Å². The van der Waals surface area contributed by atoms with Gasteiger partial charge in [0.2, 0.25) is 17.6 Å². The van der Waals surface area contributed by atoms with Crippen LogP contribution in [0.15, 0.2) is 53.1 Å². The Morgan fingerprint density at radius 3 is 2.74 bits per heavy atom. The van der Waals surface area contributed by atoms with E-state index in [1.165, 1.54) is 0 Å². The number of fused-ring (bicyclic) bond motifs is 1. The van der Waals surface area contributed by atoms with E-state index in [2.05, 4.69) is 25.8 Å². The topological polar surface area (TPSA) is 102 Å². The number of amides is 1. The SMILES string of the molecule is CCOc1ccc(-c2noc(CCC(=O)NCCNc3nc4ccccc4s3)n2)cc1. The molecule has 31 heavy (non-hydrogen) atoms. The molecule has 2 aromatic carbocycles. The second-order valence-corrected chi connectivity index (χ2v) is 7.76. The van der Waals surface area contributed by atoms with E-state index in [-0.39, 0.29) is 12.3 Å². The highest BCUT2D eigenvalue weighted by Crippen LogP contribution is 2.25. The summed E-state index contributed by atoms with van der Waals surface area (Å²) in [6.45, 7) is 3.67. The van der Waals surface area contributed by atoms with Crippen molar-refractivity contribution in [3.05, 3.63) is 54.4 Å². The van der Waals surface area contributed by atoms with E-state index in [9.17, 15) is 4.79 Å². The highest BCUT2D eigenvalue weighted by molar-refractivity contribution is 7.22. The van der Waals surface area contributed by atoms with Crippen molar-refractivity contribution in [2.75, 3.05) is 25.0 Å². The number of rotatable bonds is 10. The molecule has 0 bridgehead atoms. The summed E-state index contributed by atoms with van der Waals surface area (Å²) in [5.74, 6) is 1.67. The standard InChI is InChI=1S/C22H23N5O3S/c1-2-29-16-9-7-15(8-10-16)21-26-20(30-27-21)12-11-19(28)23-13-14-24-22-25-17-5-3-4-6-18(17)31-22/h3-10H,2,11-14H2,1H3,(H,23,28)(H,24,25). The van der Waals surface area contributed by atoms with E-state index in [1.54, 1.807) is 11.3 Å². The minimum atomic E-state index is -0.0630. The lowest BCUT2D eigenvalue weighted by Gasteiger charge is -2.04. The molecule has 0 saturated carbocycles. The number of hydrogen-bond donors (Lipinski definition) is 2. The molecule has 0 radical (unpaired) electrons. The van der Waals surface area contributed by atoms with Gasteiger partial charge in [-0.25, -0.2) is 4.98 Å². The first kappa shape index (κ1) is 20.8. The number of benzene rings is 2. The highest BCUT2D eigenvalue weighted by Gasteiger charge is 2.11. The number of aromatic nitrogens is 3. The van der Waals surface area contributed by atoms with Crippen LogP contribution in [-0.2, 0) is 11.2 Å². The number of anilines is 1. The summed E-state index contributed by atoms with van der Waals surface area (Å²) in [6.07, 6.45) is 0.674. The molecule has 0 aliphatic heterocycles. The third-order valence-corrected chi connectivity index (χ3v) is 5.47. The van der Waals surface area contributed by atoms with Gasteiger partial charge in [0.25, 0.3) is 0 Å². The van der Waals surface area contributed by atoms with Crippen molar-refractivity contribution in [2.45, 2.75) is 19.8 Å². The summed E-state index contributed by atoms with van der Waals surface area (Å²) in [5.41, 5.74) is 1.81. The number of aryl methyl sites for hydroxylation is 1. The van der Waals surface area contributed by atoms with Crippen molar-refractivity contribution in [1.82, 2.24) is 20.4 Å². The van der Waals surface area contributed by atoms with Crippen molar-refractivity contribution in [3.63, 3.8) is 0 Å². The van der Waals surface area contributed by atoms with Gasteiger partial charge in [-0.05, 0) is 43.3 Å². The Bertz CT molecular complexity index is 1110. The monoisotopic (exact) mass is 437 g/mol. The molecule has 0 aliphatic carbocycles. The molecule has 160 valence electrons. The van der Waals surface area contributed by atoms with Crippen molar-refractivity contribution < 1.29 is 14.1 Å². The zero-order chi connectivity index (χ0) is 21.5. The fourth-order valence-electron chi connectivity index (χ4n) is 2.97. The molecular formula is C22H23N5O3S. The third-order valence-electron chi connectivity index (χ3n) is 4.47. The number of nitrogens with one attached hydrogen (secondary N) is 2. The summed E-state index contributed by atoms with van der Waals surface area (Å²) in [4.78, 5) is 21.0. The maximum atomic E-state index is 12.1. The van der Waals surface area contributed by atoms with Gasteiger partial charge < -0.3 is 19.9 Å². The summed E-state index contributed by atoms with van der Waals surface area (Å²) >= 11 is 1.60. The van der Waals surface area contributed by atoms with E-state index in [1.807, 2.05) is 55.5 Å². The second kappa shape index (κ2) is 10.0. The summed E-state index contributed by atoms with van der Waals surface area (Å²) in [6, 6.07) is 15.5. The molecule has 0 atom stereocenters. The molecule has 1 amide bonds. The molecule has 4 aromatic rings. The average Bonchev–Trinajstić information content (AvgIpc) is 3.43. The van der Waals surface area contributed by atoms with Gasteiger partial charge >= 0.3 is 0 Å². The van der Waals surface area contributed by atoms with Crippen LogP contribution in [0.2, 0.25) is 0 Å². The van der Waals surface area contributed by atoms with Gasteiger partial charge in [-0.3, -0.25) is 4.79 Å². The molecule has 0 aliphatic rings. The van der Waals surface area contributed by atoms with Gasteiger partial charge in [0.05, 0.1) is 16.8 Å². The van der Waals surface area contributed by atoms with Gasteiger partial charge in [-0.1, -0.05) is 28.6 Å². The Morgan fingerprint density at radius 2 is 1.94 bits per heavy atom. The van der Waals surface area contributed by atoms with E-state index < -0.39 is 0 Å². The summed E-state index contributed by atoms with van der Waals surface area (Å²) in [5, 5.41) is 11.0. The van der Waals surface area contributed by atoms with Crippen molar-refractivity contribution >= 4 is 32.6 Å². The number of carbonyl (C=O) groups is 1. The van der Waals surface area contributed by atoms with Gasteiger partial charge in [-0.15, -0.1) is 0 Å². The van der Waals surface area contributed by atoms with E-state index in [0.29, 0.717) is 37.8 Å². The van der Waals surface area contributed by atoms with E-state index in [0.717, 1.165) is 26.7 Å². The zero-order valence-corrected chi connectivity index (χ0v) is 17.9. The largest absolute Gasteiger partial charge is 0.494 e. The molecule has 0 unspecified atom stereocenters. The molecule has 0 spiro atoms. The number of nitrogens with zero attached hydrogens (tertiary/aromatic N) is 3. The van der Waals surface area contributed by atoms with Crippen LogP contribution in [0, 0.1) is 0 Å². The molecule has 0 fully saturated rings. The Labute approximate surface area is 183 Å². The smallest absolute Gasteiger partial charge is 0.227 e. The maximum absolute atomic E-state index is 12.1. The third kappa shape index (κ3) is 5.58. The van der Waals surface area contributed by atoms with E-state index >= 15 is 0 Å². The van der Waals surface area contributed by atoms with Crippen LogP contribution in [0.25, 0.3) is 21.6 Å². The molecule has 2 aromatic heterocycles. The van der Waals surface area contributed by atoms with Gasteiger partial charge in [0.1, 0.15) is 5.75 Å². The second-order valence-electron chi connectivity index (χ2n) is 6.73. The Kier molecular flexibility index (Phi) is 6.73. The zero-order valence-electron chi connectivity index (χ0n) is 17.1. The van der Waals surface area contributed by atoms with Crippen molar-refractivity contribution in [2.24, 2.45) is 0 Å². The van der Waals surface area contributed by atoms with Gasteiger partial charge in [-0.2, -0.15) is 4.98 Å². The predicted octanol–water partition coefficient (Wildman–Crippen LogP) is 3.91. The van der Waals surface area contributed by atoms with Crippen LogP contribution in [0.3, 0.4) is 0 Å². The Hall–Kier alpha value is -3.46. The number of carbonyl (C=O) groups excluding carboxylic acids is 1. The number of thiazole rings is 1. The maximum Gasteiger partial charge on any atom is 0.227 e. The molecule has 4 rings (SSSR count). The fourth-order valence-corrected chi connectivity index (χ4v) is 3.86. The molecule has 9 heteroatoms. The summed E-state index contributed by atoms with van der Waals surface area (Å²) in [7, 11) is 0. The Balaban J connectivity index is 1.18.